The number of ether oxygens (including phenoxy) is 1. The highest BCUT2D eigenvalue weighted by Crippen LogP contribution is 2.31. The van der Waals surface area contributed by atoms with E-state index < -0.39 is 17.9 Å². The second-order valence-corrected chi connectivity index (χ2v) is 12.7. The number of nitrogens with one attached hydrogen (secondary N) is 1. The Bertz CT molecular complexity index is 1970. The lowest BCUT2D eigenvalue weighted by Crippen LogP contribution is -2.42. The number of aliphatic imine (C=N–C) groups is 1. The molecule has 50 heavy (non-hydrogen) atoms. The van der Waals surface area contributed by atoms with Gasteiger partial charge in [-0.25, -0.2) is 4.39 Å². The molecule has 1 aliphatic heterocycles. The van der Waals surface area contributed by atoms with Gasteiger partial charge >= 0.3 is 0 Å². The predicted octanol–water partition coefficient (Wildman–Crippen LogP) is 8.56. The number of benzene rings is 4. The summed E-state index contributed by atoms with van der Waals surface area (Å²) in [6.07, 6.45) is 8.07. The quantitative estimate of drug-likeness (QED) is 0.0891. The Hall–Kier alpha value is -5.32. The van der Waals surface area contributed by atoms with E-state index in [1.165, 1.54) is 17.0 Å². The van der Waals surface area contributed by atoms with Gasteiger partial charge in [-0.15, -0.1) is 0 Å². The molecule has 5 rings (SSSR count). The van der Waals surface area contributed by atoms with Crippen LogP contribution in [0.25, 0.3) is 6.08 Å². The van der Waals surface area contributed by atoms with E-state index in [4.69, 9.17) is 4.74 Å². The first-order valence-electron chi connectivity index (χ1n) is 15.6. The normalized spacial score (nSPS) is 14.3. The van der Waals surface area contributed by atoms with Gasteiger partial charge in [0.05, 0.1) is 16.3 Å². The van der Waals surface area contributed by atoms with Crippen LogP contribution in [-0.4, -0.2) is 33.5 Å². The van der Waals surface area contributed by atoms with Crippen LogP contribution in [0.2, 0.25) is 0 Å². The first-order chi connectivity index (χ1) is 24.3. The number of rotatable bonds is 12. The Morgan fingerprint density at radius 3 is 2.28 bits per heavy atom. The molecule has 7 nitrogen and oxygen atoms in total. The third kappa shape index (κ3) is 9.02. The summed E-state index contributed by atoms with van der Waals surface area (Å²) in [7, 11) is 0. The van der Waals surface area contributed by atoms with Crippen molar-refractivity contribution in [1.82, 2.24) is 10.2 Å². The number of hydrogen-bond acceptors (Lipinski definition) is 5. The van der Waals surface area contributed by atoms with Crippen LogP contribution < -0.4 is 10.1 Å². The second-order valence-electron chi connectivity index (χ2n) is 10.9. The number of halogens is 2. The minimum atomic E-state index is -0.736. The van der Waals surface area contributed by atoms with Crippen LogP contribution in [0.1, 0.15) is 35.2 Å². The molecule has 0 aliphatic carbocycles. The van der Waals surface area contributed by atoms with Crippen molar-refractivity contribution in [1.29, 1.82) is 0 Å². The van der Waals surface area contributed by atoms with Crippen molar-refractivity contribution in [3.8, 4) is 5.75 Å². The van der Waals surface area contributed by atoms with Gasteiger partial charge in [0.25, 0.3) is 11.8 Å². The van der Waals surface area contributed by atoms with E-state index in [2.05, 4.69) is 32.8 Å². The number of carbonyl (C=O) groups excluding carboxylic acids is 3. The highest BCUT2D eigenvalue weighted by molar-refractivity contribution is 9.10. The summed E-state index contributed by atoms with van der Waals surface area (Å²) < 4.78 is 20.4. The summed E-state index contributed by atoms with van der Waals surface area (Å²) in [4.78, 5) is 46.4. The lowest BCUT2D eigenvalue weighted by atomic mass is 9.99. The number of carbonyl (C=O) groups is 3. The van der Waals surface area contributed by atoms with Crippen LogP contribution in [0.3, 0.4) is 0 Å². The first-order valence-corrected chi connectivity index (χ1v) is 17.4. The van der Waals surface area contributed by atoms with Crippen molar-refractivity contribution in [3.05, 3.63) is 178 Å². The standard InChI is InChI=1S/C40H33BrFN3O4S/c1-3-5-19-31(4-2)45-39(48)32(23-27-21-22-35(33(41)24-27)49-25-30-18-12-13-20-34(30)42)38(47)44-40(45)50-26-36(46)43-37(28-14-8-6-9-15-28)29-16-10-7-11-17-29/h3-24,37H,1,25-26H2,2H3,(H,43,46)/b19-5-,31-4+,32-23+. The summed E-state index contributed by atoms with van der Waals surface area (Å²) in [5, 5.41) is 3.16. The molecule has 0 bridgehead atoms. The number of hydrogen-bond donors (Lipinski definition) is 1. The zero-order chi connectivity index (χ0) is 35.5. The van der Waals surface area contributed by atoms with E-state index >= 15 is 0 Å². The zero-order valence-corrected chi connectivity index (χ0v) is 29.5. The van der Waals surface area contributed by atoms with E-state index in [9.17, 15) is 18.8 Å². The molecule has 252 valence electrons. The molecule has 0 spiro atoms. The third-order valence-electron chi connectivity index (χ3n) is 7.52. The van der Waals surface area contributed by atoms with Gasteiger partial charge in [-0.3, -0.25) is 19.3 Å². The van der Waals surface area contributed by atoms with E-state index in [0.29, 0.717) is 27.0 Å². The number of amidine groups is 1. The fourth-order valence-corrected chi connectivity index (χ4v) is 6.37. The highest BCUT2D eigenvalue weighted by Gasteiger charge is 2.35. The molecule has 0 radical (unpaired) electrons. The van der Waals surface area contributed by atoms with Gasteiger partial charge < -0.3 is 10.1 Å². The molecule has 0 saturated carbocycles. The molecule has 0 aromatic heterocycles. The van der Waals surface area contributed by atoms with Gasteiger partial charge in [-0.05, 0) is 69.9 Å². The largest absolute Gasteiger partial charge is 0.488 e. The summed E-state index contributed by atoms with van der Waals surface area (Å²) >= 11 is 4.47. The van der Waals surface area contributed by atoms with Crippen LogP contribution >= 0.6 is 27.7 Å². The Kier molecular flexibility index (Phi) is 12.5. The minimum Gasteiger partial charge on any atom is -0.488 e. The number of nitrogens with zero attached hydrogens (tertiary/aromatic N) is 2. The van der Waals surface area contributed by atoms with Crippen LogP contribution in [0.15, 0.2) is 155 Å². The maximum absolute atomic E-state index is 14.1. The molecule has 0 atom stereocenters. The molecule has 4 aromatic carbocycles. The van der Waals surface area contributed by atoms with E-state index in [-0.39, 0.29) is 34.8 Å². The molecule has 1 N–H and O–H groups in total. The van der Waals surface area contributed by atoms with Gasteiger partial charge in [0.15, 0.2) is 5.17 Å². The van der Waals surface area contributed by atoms with E-state index in [0.717, 1.165) is 22.9 Å². The molecular weight excluding hydrogens is 717 g/mol. The second kappa shape index (κ2) is 17.4. The highest BCUT2D eigenvalue weighted by atomic mass is 79.9. The third-order valence-corrected chi connectivity index (χ3v) is 9.08. The van der Waals surface area contributed by atoms with Gasteiger partial charge in [-0.1, -0.05) is 121 Å². The van der Waals surface area contributed by atoms with E-state index in [1.807, 2.05) is 60.7 Å². The molecule has 4 aromatic rings. The Morgan fingerprint density at radius 1 is 1.00 bits per heavy atom. The molecule has 1 heterocycles. The van der Waals surface area contributed by atoms with Gasteiger partial charge in [-0.2, -0.15) is 4.99 Å². The molecule has 0 fully saturated rings. The molecular formula is C40H33BrFN3O4S. The summed E-state index contributed by atoms with van der Waals surface area (Å²) in [5.41, 5.74) is 3.06. The molecule has 10 heteroatoms. The molecule has 0 unspecified atom stereocenters. The lowest BCUT2D eigenvalue weighted by molar-refractivity contribution is -0.126. The van der Waals surface area contributed by atoms with Gasteiger partial charge in [0.2, 0.25) is 5.91 Å². The Labute approximate surface area is 303 Å². The SMILES string of the molecule is C=C/C=C\C(=C/C)N1C(=O)/C(=C/c2ccc(OCc3ccccc3F)c(Br)c2)C(=O)N=C1SCC(=O)NC(c1ccccc1)c1ccccc1. The molecule has 3 amide bonds. The van der Waals surface area contributed by atoms with Crippen molar-refractivity contribution < 1.29 is 23.5 Å². The fraction of sp³-hybridized carbons (Fsp3) is 0.100. The first kappa shape index (κ1) is 36.0. The van der Waals surface area contributed by atoms with Crippen LogP contribution in [0.5, 0.6) is 5.75 Å². The topological polar surface area (TPSA) is 88.1 Å². The number of allylic oxidation sites excluding steroid dienone is 4. The van der Waals surface area contributed by atoms with Crippen molar-refractivity contribution in [2.24, 2.45) is 4.99 Å². The van der Waals surface area contributed by atoms with Crippen LogP contribution in [0, 0.1) is 5.82 Å². The van der Waals surface area contributed by atoms with E-state index in [1.54, 1.807) is 67.6 Å². The molecule has 1 aliphatic rings. The van der Waals surface area contributed by atoms with Crippen molar-refractivity contribution in [2.75, 3.05) is 5.75 Å². The average Bonchev–Trinajstić information content (AvgIpc) is 3.13. The molecule has 0 saturated heterocycles. The number of amides is 3. The number of thioether (sulfide) groups is 1. The fourth-order valence-electron chi connectivity index (χ4n) is 5.05. The van der Waals surface area contributed by atoms with Crippen molar-refractivity contribution in [2.45, 2.75) is 19.6 Å². The Morgan fingerprint density at radius 2 is 1.66 bits per heavy atom. The Balaban J connectivity index is 1.37. The van der Waals surface area contributed by atoms with Crippen LogP contribution in [0.4, 0.5) is 4.39 Å². The lowest BCUT2D eigenvalue weighted by Gasteiger charge is -2.28. The maximum Gasteiger partial charge on any atom is 0.285 e. The summed E-state index contributed by atoms with van der Waals surface area (Å²) in [6, 6.07) is 30.2. The smallest absolute Gasteiger partial charge is 0.285 e. The average molecular weight is 751 g/mol. The monoisotopic (exact) mass is 749 g/mol. The van der Waals surface area contributed by atoms with Gasteiger partial charge in [0.1, 0.15) is 23.7 Å². The van der Waals surface area contributed by atoms with Gasteiger partial charge in [0, 0.05) is 11.3 Å². The minimum absolute atomic E-state index is 0.0222. The zero-order valence-electron chi connectivity index (χ0n) is 27.1. The van der Waals surface area contributed by atoms with Crippen LogP contribution in [-0.2, 0) is 21.0 Å². The van der Waals surface area contributed by atoms with Crippen molar-refractivity contribution in [3.63, 3.8) is 0 Å². The van der Waals surface area contributed by atoms with Crippen molar-refractivity contribution >= 4 is 56.7 Å². The summed E-state index contributed by atoms with van der Waals surface area (Å²) in [6.45, 7) is 5.49. The predicted molar refractivity (Wildman–Crippen MR) is 201 cm³/mol. The maximum atomic E-state index is 14.1. The summed E-state index contributed by atoms with van der Waals surface area (Å²) in [5.74, 6) is -1.65.